The highest BCUT2D eigenvalue weighted by Crippen LogP contribution is 2.87. The van der Waals surface area contributed by atoms with Crippen molar-refractivity contribution in [1.82, 2.24) is 4.90 Å². The summed E-state index contributed by atoms with van der Waals surface area (Å²) in [6.45, 7) is 0.952. The van der Waals surface area contributed by atoms with Gasteiger partial charge in [0, 0.05) is 42.2 Å². The van der Waals surface area contributed by atoms with E-state index in [1.165, 1.54) is 16.1 Å². The molecule has 6 nitrogen and oxygen atoms in total. The van der Waals surface area contributed by atoms with Crippen molar-refractivity contribution in [2.24, 2.45) is 0 Å². The molecule has 0 N–H and O–H groups in total. The van der Waals surface area contributed by atoms with Crippen molar-refractivity contribution < 1.29 is 9.66 Å². The minimum absolute atomic E-state index is 0.00240. The number of ether oxygens (including phenoxy) is 1. The Morgan fingerprint density at radius 1 is 0.430 bits per heavy atom. The first-order valence-electron chi connectivity index (χ1n) is 31.1. The van der Waals surface area contributed by atoms with Crippen LogP contribution < -0.4 is 9.64 Å². The third kappa shape index (κ3) is 2.05. The molecule has 372 valence electrons. The van der Waals surface area contributed by atoms with Crippen molar-refractivity contribution in [2.45, 2.75) is 26.8 Å². The van der Waals surface area contributed by atoms with Gasteiger partial charge >= 0.3 is 0 Å². The lowest BCUT2D eigenvalue weighted by molar-refractivity contribution is -0.384. The normalized spacial score (nSPS) is 24.4. The molecular formula is C79H17N3O3S. The molecule has 3 heterocycles. The number of hydrogen-bond donors (Lipinski definition) is 0. The predicted molar refractivity (Wildman–Crippen MR) is 355 cm³/mol. The van der Waals surface area contributed by atoms with E-state index in [1.807, 2.05) is 6.08 Å². The molecule has 0 saturated carbocycles. The van der Waals surface area contributed by atoms with Gasteiger partial charge in [-0.05, 0) is 368 Å². The topological polar surface area (TPSA) is 58.9 Å². The van der Waals surface area contributed by atoms with Crippen LogP contribution >= 0.6 is 11.8 Å². The Balaban J connectivity index is 0.871. The fourth-order valence-electron chi connectivity index (χ4n) is 28.5. The van der Waals surface area contributed by atoms with Crippen molar-refractivity contribution in [3.05, 3.63) is 86.0 Å². The van der Waals surface area contributed by atoms with Gasteiger partial charge in [-0.3, -0.25) is 15.0 Å². The number of nitro benzene ring substituents is 1. The van der Waals surface area contributed by atoms with E-state index in [0.717, 1.165) is 12.1 Å². The summed E-state index contributed by atoms with van der Waals surface area (Å²) < 4.78 is 7.07. The van der Waals surface area contributed by atoms with Gasteiger partial charge in [0.15, 0.2) is 0 Å². The van der Waals surface area contributed by atoms with Crippen LogP contribution in [0.4, 0.5) is 11.4 Å². The van der Waals surface area contributed by atoms with Gasteiger partial charge in [-0.2, -0.15) is 0 Å². The van der Waals surface area contributed by atoms with Gasteiger partial charge in [0.2, 0.25) is 0 Å². The Morgan fingerprint density at radius 3 is 1.09 bits per heavy atom. The number of non-ortho nitro benzene ring substituents is 1. The number of benzene rings is 20. The van der Waals surface area contributed by atoms with Crippen LogP contribution in [0, 0.1) is 10.1 Å². The fraction of sp³-hybridized carbons (Fsp3) is 0.0886. The average Bonchev–Trinajstić information content (AvgIpc) is 1.38. The van der Waals surface area contributed by atoms with Crippen LogP contribution in [0.15, 0.2) is 47.4 Å². The second-order valence-electron chi connectivity index (χ2n) is 30.2. The molecule has 2 unspecified atom stereocenters. The second-order valence-corrected chi connectivity index (χ2v) is 31.4. The maximum absolute atomic E-state index is 11.9. The third-order valence-corrected chi connectivity index (χ3v) is 30.6. The van der Waals surface area contributed by atoms with E-state index in [2.05, 4.69) is 48.2 Å². The number of nitro groups is 1. The van der Waals surface area contributed by atoms with E-state index < -0.39 is 10.5 Å². The third-order valence-electron chi connectivity index (χ3n) is 29.2. The Morgan fingerprint density at radius 2 is 0.756 bits per heavy atom. The van der Waals surface area contributed by atoms with Crippen molar-refractivity contribution in [1.29, 1.82) is 0 Å². The van der Waals surface area contributed by atoms with Gasteiger partial charge in [0.05, 0.1) is 21.4 Å². The minimum atomic E-state index is -0.841. The Labute approximate surface area is 475 Å². The van der Waals surface area contributed by atoms with Gasteiger partial charge in [-0.25, -0.2) is 0 Å². The van der Waals surface area contributed by atoms with Crippen LogP contribution in [0.25, 0.3) is 297 Å². The zero-order chi connectivity index (χ0) is 52.5. The van der Waals surface area contributed by atoms with Gasteiger partial charge in [0.25, 0.3) is 10.7 Å². The summed E-state index contributed by atoms with van der Waals surface area (Å²) in [6.07, 6.45) is 4.16. The van der Waals surface area contributed by atoms with Crippen molar-refractivity contribution in [3.8, 4) is 5.75 Å². The fourth-order valence-corrected chi connectivity index (χ4v) is 29.7. The molecule has 30 aromatic rings. The molecule has 7 aliphatic rings. The van der Waals surface area contributed by atoms with Crippen LogP contribution in [0.1, 0.15) is 39.4 Å². The number of likely N-dealkylation sites (tertiary alicyclic amines) is 1. The molecule has 4 aliphatic carbocycles. The van der Waals surface area contributed by atoms with Crippen molar-refractivity contribution in [2.75, 3.05) is 25.5 Å². The molecule has 0 aromatic heterocycles. The van der Waals surface area contributed by atoms with Crippen LogP contribution in [-0.2, 0) is 10.8 Å². The lowest BCUT2D eigenvalue weighted by Crippen LogP contribution is -2.52. The van der Waals surface area contributed by atoms with Gasteiger partial charge in [-0.15, -0.1) is 0 Å². The molecule has 0 radical (unpaired) electrons. The SMILES string of the molecule is CN1CC23c4c5c6c7c8c9c(c%10c%11c2c2c4c4c%12c5c5c6c6c8c8c%13c9c9c%10c%10c%11c%11c2c2c4c4c%12c%12c5c5c6c8c6c8c%13c9c9c%10c%10c%11c2c2c4c4c%12c5c6c5c8c9c%10c2c45)C73C1c1ccc2c(c1)N(C)C1(C=Cc3cc([N+](=O)[O-])ccc3O1)S2. The van der Waals surface area contributed by atoms with Gasteiger partial charge in [0.1, 0.15) is 5.75 Å². The highest BCUT2D eigenvalue weighted by Gasteiger charge is 2.76. The highest BCUT2D eigenvalue weighted by molar-refractivity contribution is 8.01. The van der Waals surface area contributed by atoms with E-state index in [4.69, 9.17) is 4.74 Å². The minimum Gasteiger partial charge on any atom is -0.454 e. The summed E-state index contributed by atoms with van der Waals surface area (Å²) in [7, 11) is 4.75. The van der Waals surface area contributed by atoms with E-state index in [-0.39, 0.29) is 22.1 Å². The summed E-state index contributed by atoms with van der Waals surface area (Å²) >= 11 is 1.75. The Bertz CT molecular complexity index is 8280. The summed E-state index contributed by atoms with van der Waals surface area (Å²) in [5.74, 6) is 0.669. The van der Waals surface area contributed by atoms with Gasteiger partial charge < -0.3 is 9.64 Å². The molecular weight excluding hydrogens is 1070 g/mol. The summed E-state index contributed by atoms with van der Waals surface area (Å²) in [6, 6.07) is 12.6. The van der Waals surface area contributed by atoms with Crippen molar-refractivity contribution in [3.63, 3.8) is 0 Å². The molecule has 7 heteroatoms. The molecule has 1 saturated heterocycles. The predicted octanol–water partition coefficient (Wildman–Crippen LogP) is 20.2. The van der Waals surface area contributed by atoms with E-state index in [1.54, 1.807) is 343 Å². The molecule has 30 aromatic carbocycles. The molecule has 1 fully saturated rings. The highest BCUT2D eigenvalue weighted by atomic mass is 32.2. The molecule has 0 bridgehead atoms. The summed E-state index contributed by atoms with van der Waals surface area (Å²) in [5, 5.41) is 99.2. The van der Waals surface area contributed by atoms with E-state index in [9.17, 15) is 10.1 Å². The zero-order valence-electron chi connectivity index (χ0n) is 44.4. The van der Waals surface area contributed by atoms with Crippen LogP contribution in [-0.4, -0.2) is 35.5 Å². The van der Waals surface area contributed by atoms with Gasteiger partial charge in [-0.1, -0.05) is 6.07 Å². The zero-order valence-corrected chi connectivity index (χ0v) is 45.2. The number of rotatable bonds is 2. The molecule has 37 rings (SSSR count). The molecule has 3 aliphatic heterocycles. The number of hydrogen-bond acceptors (Lipinski definition) is 6. The smallest absolute Gasteiger partial charge is 0.270 e. The largest absolute Gasteiger partial charge is 0.454 e. The lowest BCUT2D eigenvalue weighted by atomic mass is 9.47. The lowest BCUT2D eigenvalue weighted by Gasteiger charge is -2.52. The maximum Gasteiger partial charge on any atom is 0.270 e. The summed E-state index contributed by atoms with van der Waals surface area (Å²) in [5.41, 5.74) is 9.39. The number of anilines is 1. The maximum atomic E-state index is 11.9. The first-order valence-corrected chi connectivity index (χ1v) is 32.0. The second kappa shape index (κ2) is 8.25. The number of nitrogens with zero attached hydrogens (tertiary/aromatic N) is 3. The number of fused-ring (bicyclic) bond motifs is 2. The van der Waals surface area contributed by atoms with Crippen LogP contribution in [0.5, 0.6) is 5.75 Å². The number of thioether (sulfide) groups is 1. The summed E-state index contributed by atoms with van der Waals surface area (Å²) in [4.78, 5) is 18.1. The molecule has 86 heavy (non-hydrogen) atoms. The first kappa shape index (κ1) is 34.7. The molecule has 3 spiro atoms. The first-order chi connectivity index (χ1) is 42.4. The number of likely N-dealkylation sites (N-methyl/N-ethyl adjacent to an activating group) is 2. The quantitative estimate of drug-likeness (QED) is 0.0977. The standard InChI is InChI=1S/C79H17N3O3S/c1-80-11-77-72-64-56-46-36-28-20-18-19-22-26-24(20)32-40-34(26)44-38-30(22)31-23(19)27-25-21(18)29(28)37-43-33(25)41-35(27)45-39(31)49-48(38)60-54(44)62-52(40)58(50(56)42(32)36)66(72)68(62)74-70(60)71-61(49)55(45)63-53(41)59-51(43)57(47(37)46)65(64)73(77)67(59)69(63)75(71)79(74,77)76(80)13-3-6-17-15(10-13)81(2)78(86-17)8-7-12-9-14(82(83)84)4-5-16(12)85-78/h3-10,76H,11H2,1-2H3. The van der Waals surface area contributed by atoms with E-state index in [0.29, 0.717) is 5.75 Å². The molecule has 2 atom stereocenters. The van der Waals surface area contributed by atoms with Crippen molar-refractivity contribution >= 4 is 320 Å². The van der Waals surface area contributed by atoms with Crippen LogP contribution in [0.3, 0.4) is 0 Å². The Hall–Kier alpha value is -10.0. The average molecular weight is 1090 g/mol. The molecule has 0 amide bonds. The monoisotopic (exact) mass is 1090 g/mol. The Kier molecular flexibility index (Phi) is 3.32. The van der Waals surface area contributed by atoms with Crippen LogP contribution in [0.2, 0.25) is 0 Å². The van der Waals surface area contributed by atoms with E-state index >= 15 is 0 Å².